The van der Waals surface area contributed by atoms with Crippen LogP contribution in [0.4, 0.5) is 0 Å². The molecule has 0 aliphatic heterocycles. The van der Waals surface area contributed by atoms with Gasteiger partial charge in [0.05, 0.1) is 0 Å². The number of rotatable bonds is 21. The molecule has 0 bridgehead atoms. The molecule has 0 fully saturated rings. The second-order valence-corrected chi connectivity index (χ2v) is 26.0. The van der Waals surface area contributed by atoms with E-state index in [-0.39, 0.29) is 0 Å². The molecule has 0 aromatic carbocycles. The van der Waals surface area contributed by atoms with Crippen LogP contribution in [0.25, 0.3) is 0 Å². The van der Waals surface area contributed by atoms with Crippen molar-refractivity contribution in [3.63, 3.8) is 0 Å². The predicted molar refractivity (Wildman–Crippen MR) is 110 cm³/mol. The second kappa shape index (κ2) is 18.1. The molecule has 0 aliphatic rings. The van der Waals surface area contributed by atoms with Gasteiger partial charge in [0.15, 0.2) is 0 Å². The Bertz CT molecular complexity index is 324. The summed E-state index contributed by atoms with van der Waals surface area (Å²) in [4.78, 5) is 0. The van der Waals surface area contributed by atoms with Crippen LogP contribution in [0.1, 0.15) is 98.8 Å². The van der Waals surface area contributed by atoms with Crippen molar-refractivity contribution in [2.24, 2.45) is 0 Å². The third-order valence-electron chi connectivity index (χ3n) is 4.32. The minimum absolute atomic E-state index is 0.542. The molecule has 0 spiro atoms. The van der Waals surface area contributed by atoms with Gasteiger partial charge >= 0.3 is 185 Å². The van der Waals surface area contributed by atoms with E-state index in [1.165, 1.54) is 0 Å². The van der Waals surface area contributed by atoms with Crippen molar-refractivity contribution >= 4 is 9.30 Å². The zero-order valence-electron chi connectivity index (χ0n) is 19.0. The molecule has 0 unspecified atom stereocenters. The minimum atomic E-state index is -4.80. The van der Waals surface area contributed by atoms with E-state index in [0.29, 0.717) is 33.0 Å². The quantitative estimate of drug-likeness (QED) is 0.126. The predicted octanol–water partition coefficient (Wildman–Crippen LogP) is 7.02. The van der Waals surface area contributed by atoms with Crippen molar-refractivity contribution in [3.8, 4) is 0 Å². The summed E-state index contributed by atoms with van der Waals surface area (Å²) in [6, 6.07) is 0. The molecule has 8 heteroatoms. The van der Waals surface area contributed by atoms with Gasteiger partial charge in [0, 0.05) is 0 Å². The van der Waals surface area contributed by atoms with E-state index in [0.717, 1.165) is 64.2 Å². The summed E-state index contributed by atoms with van der Waals surface area (Å²) >= 11 is -7.65. The molecule has 0 radical (unpaired) electrons. The Morgan fingerprint density at radius 1 is 0.536 bits per heavy atom. The summed E-state index contributed by atoms with van der Waals surface area (Å²) in [5, 5.41) is 0. The van der Waals surface area contributed by atoms with E-state index < -0.39 is 27.6 Å². The van der Waals surface area contributed by atoms with Gasteiger partial charge in [-0.2, -0.15) is 0 Å². The van der Waals surface area contributed by atoms with Crippen LogP contribution in [0.15, 0.2) is 0 Å². The first-order valence-corrected chi connectivity index (χ1v) is 20.8. The van der Waals surface area contributed by atoms with Crippen LogP contribution in [0, 0.1) is 0 Å². The summed E-state index contributed by atoms with van der Waals surface area (Å²) in [6.07, 6.45) is 9.97. The fourth-order valence-electron chi connectivity index (χ4n) is 2.36. The summed E-state index contributed by atoms with van der Waals surface area (Å²) in [7, 11) is 7.38. The molecule has 0 heterocycles. The first kappa shape index (κ1) is 29.5. The monoisotopic (exact) mass is 496 g/mol. The Kier molecular flexibility index (Phi) is 19.1. The van der Waals surface area contributed by atoms with Gasteiger partial charge in [-0.1, -0.05) is 0 Å². The van der Waals surface area contributed by atoms with Crippen LogP contribution in [-0.4, -0.2) is 33.0 Å². The average molecular weight is 497 g/mol. The first-order valence-electron chi connectivity index (χ1n) is 11.4. The number of hydrogen-bond acceptors (Lipinski definition) is 5. The molecule has 170 valence electrons. The molecule has 0 atom stereocenters. The van der Waals surface area contributed by atoms with Gasteiger partial charge in [0.1, 0.15) is 0 Å². The summed E-state index contributed by atoms with van der Waals surface area (Å²) in [5.41, 5.74) is 0. The standard InChI is InChI=1S/5C4H9O.ClH.2Ti/c5*1-2-3-4-5;;;/h5*2-4H2,1H3;1H;;/q5*-1;;+2;+4/p-1. The van der Waals surface area contributed by atoms with Crippen molar-refractivity contribution in [1.29, 1.82) is 0 Å². The van der Waals surface area contributed by atoms with Gasteiger partial charge in [0.25, 0.3) is 0 Å². The SMILES string of the molecule is CCCC[O][Ti]([O]CCCC)[Ti]([Cl])([O]CCCC)([O]CCCC)[O]CCCC. The number of unbranched alkanes of at least 4 members (excludes halogenated alkanes) is 5. The Morgan fingerprint density at radius 3 is 1.11 bits per heavy atom. The third kappa shape index (κ3) is 11.8. The molecule has 28 heavy (non-hydrogen) atoms. The van der Waals surface area contributed by atoms with Crippen LogP contribution in [0.2, 0.25) is 0 Å². The van der Waals surface area contributed by atoms with E-state index >= 15 is 0 Å². The zero-order chi connectivity index (χ0) is 21.2. The molecule has 0 rings (SSSR count). The van der Waals surface area contributed by atoms with Crippen LogP contribution >= 0.6 is 9.30 Å². The maximum atomic E-state index is 7.38. The van der Waals surface area contributed by atoms with Gasteiger partial charge in [-0.3, -0.25) is 0 Å². The van der Waals surface area contributed by atoms with Crippen LogP contribution in [-0.2, 0) is 44.2 Å². The Labute approximate surface area is 184 Å². The van der Waals surface area contributed by atoms with Crippen LogP contribution < -0.4 is 0 Å². The van der Waals surface area contributed by atoms with Crippen LogP contribution in [0.3, 0.4) is 0 Å². The molecule has 0 N–H and O–H groups in total. The second-order valence-electron chi connectivity index (χ2n) is 7.18. The van der Waals surface area contributed by atoms with E-state index in [9.17, 15) is 0 Å². The Morgan fingerprint density at radius 2 is 0.821 bits per heavy atom. The van der Waals surface area contributed by atoms with Gasteiger partial charge < -0.3 is 0 Å². The molecule has 5 nitrogen and oxygen atoms in total. The summed E-state index contributed by atoms with van der Waals surface area (Å²) < 4.78 is 31.9. The molecule has 0 saturated heterocycles. The topological polar surface area (TPSA) is 46.2 Å². The summed E-state index contributed by atoms with van der Waals surface area (Å²) in [6.45, 7) is 13.6. The number of halogens is 1. The molecule has 0 aromatic heterocycles. The molecule has 0 saturated carbocycles. The molecule has 0 aromatic rings. The summed E-state index contributed by atoms with van der Waals surface area (Å²) in [5.74, 6) is 0. The third-order valence-corrected chi connectivity index (χ3v) is 22.9. The zero-order valence-corrected chi connectivity index (χ0v) is 22.9. The van der Waals surface area contributed by atoms with Gasteiger partial charge in [-0.25, -0.2) is 0 Å². The molecule has 0 amide bonds. The Balaban J connectivity index is 5.65. The van der Waals surface area contributed by atoms with E-state index in [1.54, 1.807) is 0 Å². The van der Waals surface area contributed by atoms with Crippen molar-refractivity contribution < 1.29 is 44.2 Å². The van der Waals surface area contributed by atoms with Gasteiger partial charge in [0.2, 0.25) is 0 Å². The van der Waals surface area contributed by atoms with Crippen molar-refractivity contribution in [3.05, 3.63) is 0 Å². The normalized spacial score (nSPS) is 13.4. The maximum absolute atomic E-state index is 7.38. The first-order chi connectivity index (χ1) is 13.5. The fraction of sp³-hybridized carbons (Fsp3) is 1.00. The van der Waals surface area contributed by atoms with Crippen molar-refractivity contribution in [2.45, 2.75) is 98.8 Å². The van der Waals surface area contributed by atoms with Crippen molar-refractivity contribution in [2.75, 3.05) is 33.0 Å². The van der Waals surface area contributed by atoms with E-state index in [1.807, 2.05) is 0 Å². The molecular formula is C20H45ClO5Ti2. The van der Waals surface area contributed by atoms with Crippen molar-refractivity contribution in [1.82, 2.24) is 0 Å². The average Bonchev–Trinajstić information content (AvgIpc) is 2.68. The fourth-order valence-corrected chi connectivity index (χ4v) is 18.8. The van der Waals surface area contributed by atoms with E-state index in [4.69, 9.17) is 25.9 Å². The van der Waals surface area contributed by atoms with Gasteiger partial charge in [-0.05, 0) is 0 Å². The number of hydrogen-bond donors (Lipinski definition) is 0. The van der Waals surface area contributed by atoms with Crippen LogP contribution in [0.5, 0.6) is 0 Å². The Hall–Kier alpha value is 1.52. The van der Waals surface area contributed by atoms with E-state index in [2.05, 4.69) is 34.6 Å². The molecular weight excluding hydrogens is 451 g/mol. The molecule has 0 aliphatic carbocycles. The van der Waals surface area contributed by atoms with Gasteiger partial charge in [-0.15, -0.1) is 0 Å².